The van der Waals surface area contributed by atoms with Crippen LogP contribution in [0, 0.1) is 5.92 Å². The largest absolute Gasteiger partial charge is 0.373 e. The fraction of sp³-hybridized carbons (Fsp3) is 0.667. The highest BCUT2D eigenvalue weighted by Gasteiger charge is 2.26. The van der Waals surface area contributed by atoms with Crippen LogP contribution in [-0.4, -0.2) is 29.6 Å². The summed E-state index contributed by atoms with van der Waals surface area (Å²) >= 11 is 0. The first-order valence-electron chi connectivity index (χ1n) is 6.20. The lowest BCUT2D eigenvalue weighted by Gasteiger charge is -2.38. The Morgan fingerprint density at radius 3 is 2.88 bits per heavy atom. The molecule has 0 aromatic carbocycles. The molecule has 94 valence electrons. The topological polar surface area (TPSA) is 67.1 Å². The van der Waals surface area contributed by atoms with Crippen molar-refractivity contribution in [3.8, 4) is 0 Å². The summed E-state index contributed by atoms with van der Waals surface area (Å²) in [5.74, 6) is 2.73. The highest BCUT2D eigenvalue weighted by atomic mass is 15.2. The third-order valence-electron chi connectivity index (χ3n) is 3.65. The molecule has 0 saturated carbocycles. The minimum atomic E-state index is 0.331. The number of hydrogen-bond acceptors (Lipinski definition) is 5. The average Bonchev–Trinajstić information content (AvgIpc) is 2.31. The molecule has 2 heterocycles. The molecular weight excluding hydrogens is 214 g/mol. The van der Waals surface area contributed by atoms with Gasteiger partial charge in [0.2, 0.25) is 5.95 Å². The van der Waals surface area contributed by atoms with Crippen LogP contribution in [0.1, 0.15) is 26.7 Å². The molecule has 0 spiro atoms. The van der Waals surface area contributed by atoms with E-state index < -0.39 is 0 Å². The van der Waals surface area contributed by atoms with Gasteiger partial charge in [-0.1, -0.05) is 6.92 Å². The zero-order valence-electron chi connectivity index (χ0n) is 10.8. The van der Waals surface area contributed by atoms with Crippen LogP contribution in [0.2, 0.25) is 0 Å². The number of nitrogens with zero attached hydrogens (tertiary/aromatic N) is 3. The molecule has 17 heavy (non-hydrogen) atoms. The molecule has 0 bridgehead atoms. The Morgan fingerprint density at radius 1 is 1.41 bits per heavy atom. The Balaban J connectivity index is 2.29. The number of nitrogens with two attached hydrogens (primary N) is 1. The van der Waals surface area contributed by atoms with Gasteiger partial charge in [0.25, 0.3) is 0 Å². The second-order valence-electron chi connectivity index (χ2n) is 4.77. The zero-order valence-corrected chi connectivity index (χ0v) is 10.8. The standard InChI is InChI=1S/C12H21N5/c1-8-5-4-6-17(9(8)2)11-7-10(14-3)15-12(13)16-11/h7-9H,4-6H2,1-3H3,(H3,13,14,15,16). The third kappa shape index (κ3) is 2.43. The monoisotopic (exact) mass is 235 g/mol. The highest BCUT2D eigenvalue weighted by molar-refractivity contribution is 5.53. The maximum Gasteiger partial charge on any atom is 0.223 e. The fourth-order valence-corrected chi connectivity index (χ4v) is 2.39. The van der Waals surface area contributed by atoms with E-state index in [4.69, 9.17) is 5.73 Å². The number of rotatable bonds is 2. The van der Waals surface area contributed by atoms with E-state index in [0.717, 1.165) is 18.2 Å². The Morgan fingerprint density at radius 2 is 2.18 bits per heavy atom. The van der Waals surface area contributed by atoms with Crippen LogP contribution in [0.15, 0.2) is 6.07 Å². The van der Waals surface area contributed by atoms with Gasteiger partial charge in [0, 0.05) is 25.7 Å². The Labute approximate surface area is 102 Å². The predicted octanol–water partition coefficient (Wildman–Crippen LogP) is 1.73. The normalized spacial score (nSPS) is 24.8. The molecule has 3 N–H and O–H groups in total. The van der Waals surface area contributed by atoms with Gasteiger partial charge in [-0.25, -0.2) is 0 Å². The van der Waals surface area contributed by atoms with Gasteiger partial charge in [0.15, 0.2) is 0 Å². The summed E-state index contributed by atoms with van der Waals surface area (Å²) < 4.78 is 0. The number of aromatic nitrogens is 2. The molecule has 5 heteroatoms. The second-order valence-corrected chi connectivity index (χ2v) is 4.77. The molecule has 0 aliphatic carbocycles. The van der Waals surface area contributed by atoms with Gasteiger partial charge in [-0.05, 0) is 25.7 Å². The highest BCUT2D eigenvalue weighted by Crippen LogP contribution is 2.28. The maximum absolute atomic E-state index is 5.73. The maximum atomic E-state index is 5.73. The van der Waals surface area contributed by atoms with Gasteiger partial charge in [0.05, 0.1) is 0 Å². The lowest BCUT2D eigenvalue weighted by Crippen LogP contribution is -2.43. The Hall–Kier alpha value is -1.52. The molecule has 5 nitrogen and oxygen atoms in total. The zero-order chi connectivity index (χ0) is 12.4. The van der Waals surface area contributed by atoms with Crippen molar-refractivity contribution in [2.24, 2.45) is 5.92 Å². The molecule has 0 amide bonds. The summed E-state index contributed by atoms with van der Waals surface area (Å²) in [6.45, 7) is 5.59. The molecule has 1 aromatic rings. The van der Waals surface area contributed by atoms with E-state index >= 15 is 0 Å². The van der Waals surface area contributed by atoms with Crippen LogP contribution in [0.4, 0.5) is 17.6 Å². The van der Waals surface area contributed by atoms with Crippen molar-refractivity contribution in [2.75, 3.05) is 29.5 Å². The van der Waals surface area contributed by atoms with Crippen molar-refractivity contribution in [3.63, 3.8) is 0 Å². The van der Waals surface area contributed by atoms with Gasteiger partial charge >= 0.3 is 0 Å². The summed E-state index contributed by atoms with van der Waals surface area (Å²) in [6.07, 6.45) is 2.50. The SMILES string of the molecule is CNc1cc(N2CCCC(C)C2C)nc(N)n1. The van der Waals surface area contributed by atoms with Crippen LogP contribution < -0.4 is 16.0 Å². The van der Waals surface area contributed by atoms with Gasteiger partial charge in [-0.3, -0.25) is 0 Å². The Bertz CT molecular complexity index is 392. The summed E-state index contributed by atoms with van der Waals surface area (Å²) in [7, 11) is 1.84. The molecule has 2 atom stereocenters. The van der Waals surface area contributed by atoms with Gasteiger partial charge in [-0.2, -0.15) is 9.97 Å². The summed E-state index contributed by atoms with van der Waals surface area (Å²) in [5.41, 5.74) is 5.73. The van der Waals surface area contributed by atoms with Gasteiger partial charge in [0.1, 0.15) is 11.6 Å². The molecule has 1 aromatic heterocycles. The Kier molecular flexibility index (Phi) is 3.36. The van der Waals surface area contributed by atoms with E-state index in [1.807, 2.05) is 13.1 Å². The number of hydrogen-bond donors (Lipinski definition) is 2. The minimum absolute atomic E-state index is 0.331. The number of piperidine rings is 1. The second kappa shape index (κ2) is 4.77. The number of nitrogen functional groups attached to an aromatic ring is 1. The molecule has 2 rings (SSSR count). The first-order valence-corrected chi connectivity index (χ1v) is 6.20. The summed E-state index contributed by atoms with van der Waals surface area (Å²) in [5, 5.41) is 3.02. The first-order chi connectivity index (χ1) is 8.11. The van der Waals surface area contributed by atoms with Crippen molar-refractivity contribution in [3.05, 3.63) is 6.07 Å². The van der Waals surface area contributed by atoms with E-state index in [1.165, 1.54) is 12.8 Å². The predicted molar refractivity (Wildman–Crippen MR) is 71.2 cm³/mol. The molecule has 1 aliphatic rings. The van der Waals surface area contributed by atoms with Crippen LogP contribution in [0.3, 0.4) is 0 Å². The van der Waals surface area contributed by atoms with E-state index in [1.54, 1.807) is 0 Å². The number of anilines is 3. The van der Waals surface area contributed by atoms with Gasteiger partial charge < -0.3 is 16.0 Å². The smallest absolute Gasteiger partial charge is 0.223 e. The third-order valence-corrected chi connectivity index (χ3v) is 3.65. The van der Waals surface area contributed by atoms with E-state index in [2.05, 4.69) is 34.0 Å². The molecule has 2 unspecified atom stereocenters. The molecule has 1 fully saturated rings. The van der Waals surface area contributed by atoms with Crippen LogP contribution in [0.5, 0.6) is 0 Å². The summed E-state index contributed by atoms with van der Waals surface area (Å²) in [6, 6.07) is 2.47. The van der Waals surface area contributed by atoms with Crippen molar-refractivity contribution in [1.29, 1.82) is 0 Å². The van der Waals surface area contributed by atoms with Crippen molar-refractivity contribution < 1.29 is 0 Å². The van der Waals surface area contributed by atoms with E-state index in [-0.39, 0.29) is 0 Å². The lowest BCUT2D eigenvalue weighted by atomic mass is 9.92. The molecule has 1 saturated heterocycles. The average molecular weight is 235 g/mol. The summed E-state index contributed by atoms with van der Waals surface area (Å²) in [4.78, 5) is 10.8. The lowest BCUT2D eigenvalue weighted by molar-refractivity contribution is 0.361. The van der Waals surface area contributed by atoms with Crippen molar-refractivity contribution >= 4 is 17.6 Å². The van der Waals surface area contributed by atoms with Crippen molar-refractivity contribution in [2.45, 2.75) is 32.7 Å². The minimum Gasteiger partial charge on any atom is -0.373 e. The van der Waals surface area contributed by atoms with Gasteiger partial charge in [-0.15, -0.1) is 0 Å². The first kappa shape index (κ1) is 12.0. The van der Waals surface area contributed by atoms with Crippen LogP contribution in [-0.2, 0) is 0 Å². The fourth-order valence-electron chi connectivity index (χ4n) is 2.39. The molecule has 1 aliphatic heterocycles. The van der Waals surface area contributed by atoms with Crippen molar-refractivity contribution in [1.82, 2.24) is 9.97 Å². The van der Waals surface area contributed by atoms with E-state index in [0.29, 0.717) is 17.9 Å². The number of nitrogens with one attached hydrogen (secondary N) is 1. The van der Waals surface area contributed by atoms with E-state index in [9.17, 15) is 0 Å². The van der Waals surface area contributed by atoms with Crippen LogP contribution >= 0.6 is 0 Å². The molecular formula is C12H21N5. The van der Waals surface area contributed by atoms with Crippen LogP contribution in [0.25, 0.3) is 0 Å². The molecule has 0 radical (unpaired) electrons. The quantitative estimate of drug-likeness (QED) is 0.817.